The summed E-state index contributed by atoms with van der Waals surface area (Å²) in [6.45, 7) is 0. The van der Waals surface area contributed by atoms with Crippen molar-refractivity contribution in [3.8, 4) is 17.2 Å². The van der Waals surface area contributed by atoms with E-state index in [1.54, 1.807) is 0 Å². The highest BCUT2D eigenvalue weighted by Gasteiger charge is 2.30. The van der Waals surface area contributed by atoms with Crippen molar-refractivity contribution >= 4 is 11.6 Å². The predicted octanol–water partition coefficient (Wildman–Crippen LogP) is 4.85. The Labute approximate surface area is 152 Å². The number of ether oxygens (including phenoxy) is 1. The van der Waals surface area contributed by atoms with Crippen LogP contribution in [0.25, 0.3) is 0 Å². The zero-order valence-corrected chi connectivity index (χ0v) is 13.7. The van der Waals surface area contributed by atoms with Gasteiger partial charge in [-0.2, -0.15) is 13.2 Å². The molecule has 5 nitrogen and oxygen atoms in total. The lowest BCUT2D eigenvalue weighted by atomic mass is 10.2. The number of alkyl halides is 3. The molecule has 0 unspecified atom stereocenters. The van der Waals surface area contributed by atoms with E-state index in [0.29, 0.717) is 11.4 Å². The molecule has 2 aromatic carbocycles. The second-order valence-corrected chi connectivity index (χ2v) is 5.48. The van der Waals surface area contributed by atoms with Crippen molar-refractivity contribution < 1.29 is 27.8 Å². The van der Waals surface area contributed by atoms with Gasteiger partial charge in [-0.25, -0.2) is 4.98 Å². The third-order valence-electron chi connectivity index (χ3n) is 3.51. The molecule has 3 aromatic rings. The van der Waals surface area contributed by atoms with E-state index in [2.05, 4.69) is 10.3 Å². The van der Waals surface area contributed by atoms with Gasteiger partial charge in [0.05, 0.1) is 5.56 Å². The van der Waals surface area contributed by atoms with Gasteiger partial charge >= 0.3 is 6.18 Å². The Balaban J connectivity index is 1.69. The van der Waals surface area contributed by atoms with Crippen LogP contribution in [0.3, 0.4) is 0 Å². The quantitative estimate of drug-likeness (QED) is 0.685. The molecule has 0 radical (unpaired) electrons. The average Bonchev–Trinajstić information content (AvgIpc) is 2.63. The lowest BCUT2D eigenvalue weighted by molar-refractivity contribution is -0.137. The first-order valence-corrected chi connectivity index (χ1v) is 7.73. The van der Waals surface area contributed by atoms with Crippen molar-refractivity contribution in [1.29, 1.82) is 0 Å². The molecule has 0 aliphatic heterocycles. The van der Waals surface area contributed by atoms with E-state index in [-0.39, 0.29) is 17.2 Å². The summed E-state index contributed by atoms with van der Waals surface area (Å²) < 4.78 is 43.6. The van der Waals surface area contributed by atoms with E-state index < -0.39 is 17.6 Å². The normalized spacial score (nSPS) is 11.1. The van der Waals surface area contributed by atoms with Crippen LogP contribution in [-0.4, -0.2) is 16.0 Å². The second-order valence-electron chi connectivity index (χ2n) is 5.48. The van der Waals surface area contributed by atoms with E-state index in [1.807, 2.05) is 0 Å². The van der Waals surface area contributed by atoms with E-state index in [0.717, 1.165) is 12.1 Å². The SMILES string of the molecule is O=C(Nc1ccc(Oc2cccc(C(F)(F)F)c2)cc1)c1ncccc1O. The number of rotatable bonds is 4. The molecule has 0 spiro atoms. The third kappa shape index (κ3) is 4.55. The summed E-state index contributed by atoms with van der Waals surface area (Å²) in [7, 11) is 0. The van der Waals surface area contributed by atoms with E-state index in [1.165, 1.54) is 54.7 Å². The average molecular weight is 374 g/mol. The first-order chi connectivity index (χ1) is 12.8. The second kappa shape index (κ2) is 7.36. The van der Waals surface area contributed by atoms with Crippen LogP contribution in [0.15, 0.2) is 66.9 Å². The summed E-state index contributed by atoms with van der Waals surface area (Å²) >= 11 is 0. The Morgan fingerprint density at radius 1 is 1.00 bits per heavy atom. The minimum Gasteiger partial charge on any atom is -0.505 e. The van der Waals surface area contributed by atoms with Gasteiger partial charge in [0.1, 0.15) is 17.2 Å². The molecule has 1 heterocycles. The van der Waals surface area contributed by atoms with Gasteiger partial charge in [-0.05, 0) is 54.6 Å². The molecule has 0 atom stereocenters. The van der Waals surface area contributed by atoms with Gasteiger partial charge in [-0.15, -0.1) is 0 Å². The van der Waals surface area contributed by atoms with Crippen LogP contribution in [0.2, 0.25) is 0 Å². The minimum atomic E-state index is -4.45. The van der Waals surface area contributed by atoms with Gasteiger partial charge in [-0.1, -0.05) is 6.07 Å². The molecule has 0 bridgehead atoms. The summed E-state index contributed by atoms with van der Waals surface area (Å²) in [5.74, 6) is -0.507. The fourth-order valence-electron chi connectivity index (χ4n) is 2.24. The highest BCUT2D eigenvalue weighted by Crippen LogP contribution is 2.32. The number of carbonyl (C=O) groups excluding carboxylic acids is 1. The monoisotopic (exact) mass is 374 g/mol. The largest absolute Gasteiger partial charge is 0.505 e. The van der Waals surface area contributed by atoms with Crippen LogP contribution in [0.4, 0.5) is 18.9 Å². The van der Waals surface area contributed by atoms with Crippen molar-refractivity contribution in [2.45, 2.75) is 6.18 Å². The molecule has 0 saturated carbocycles. The molecule has 0 saturated heterocycles. The van der Waals surface area contributed by atoms with Crippen LogP contribution in [0, 0.1) is 0 Å². The lowest BCUT2D eigenvalue weighted by Gasteiger charge is -2.11. The van der Waals surface area contributed by atoms with Crippen molar-refractivity contribution in [1.82, 2.24) is 4.98 Å². The van der Waals surface area contributed by atoms with Gasteiger partial charge in [0, 0.05) is 11.9 Å². The zero-order valence-electron chi connectivity index (χ0n) is 13.7. The van der Waals surface area contributed by atoms with E-state index in [4.69, 9.17) is 4.74 Å². The molecular formula is C19H13F3N2O3. The van der Waals surface area contributed by atoms with E-state index >= 15 is 0 Å². The minimum absolute atomic E-state index is 0.0417. The first kappa shape index (κ1) is 18.2. The van der Waals surface area contributed by atoms with Crippen LogP contribution in [0.5, 0.6) is 17.2 Å². The van der Waals surface area contributed by atoms with Crippen molar-refractivity contribution in [3.63, 3.8) is 0 Å². The topological polar surface area (TPSA) is 71.5 Å². The number of nitrogens with zero attached hydrogens (tertiary/aromatic N) is 1. The predicted molar refractivity (Wildman–Crippen MR) is 91.8 cm³/mol. The van der Waals surface area contributed by atoms with Crippen molar-refractivity contribution in [2.75, 3.05) is 5.32 Å². The van der Waals surface area contributed by atoms with E-state index in [9.17, 15) is 23.1 Å². The molecule has 0 aliphatic carbocycles. The number of amides is 1. The Hall–Kier alpha value is -3.55. The number of nitrogens with one attached hydrogen (secondary N) is 1. The maximum absolute atomic E-state index is 12.7. The van der Waals surface area contributed by atoms with Gasteiger partial charge in [0.25, 0.3) is 5.91 Å². The first-order valence-electron chi connectivity index (χ1n) is 7.73. The molecule has 1 aromatic heterocycles. The maximum atomic E-state index is 12.7. The lowest BCUT2D eigenvalue weighted by Crippen LogP contribution is -2.13. The molecule has 138 valence electrons. The van der Waals surface area contributed by atoms with Gasteiger partial charge < -0.3 is 15.2 Å². The summed E-state index contributed by atoms with van der Waals surface area (Å²) in [4.78, 5) is 15.9. The summed E-state index contributed by atoms with van der Waals surface area (Å²) in [6, 6.07) is 13.4. The molecule has 2 N–H and O–H groups in total. The molecule has 0 aliphatic rings. The number of hydrogen-bond acceptors (Lipinski definition) is 4. The number of aromatic nitrogens is 1. The smallest absolute Gasteiger partial charge is 0.416 e. The Kier molecular flexibility index (Phi) is 4.98. The van der Waals surface area contributed by atoms with Crippen molar-refractivity contribution in [3.05, 3.63) is 78.1 Å². The Bertz CT molecular complexity index is 957. The zero-order chi connectivity index (χ0) is 19.4. The van der Waals surface area contributed by atoms with Crippen LogP contribution < -0.4 is 10.1 Å². The van der Waals surface area contributed by atoms with Gasteiger partial charge in [-0.3, -0.25) is 4.79 Å². The summed E-state index contributed by atoms with van der Waals surface area (Å²) in [5, 5.41) is 12.2. The fraction of sp³-hybridized carbons (Fsp3) is 0.0526. The fourth-order valence-corrected chi connectivity index (χ4v) is 2.24. The summed E-state index contributed by atoms with van der Waals surface area (Å²) in [5.41, 5.74) is -0.526. The molecule has 1 amide bonds. The Morgan fingerprint density at radius 3 is 2.41 bits per heavy atom. The molecular weight excluding hydrogens is 361 g/mol. The molecule has 0 fully saturated rings. The molecule has 8 heteroatoms. The van der Waals surface area contributed by atoms with Crippen molar-refractivity contribution in [2.24, 2.45) is 0 Å². The number of aromatic hydroxyl groups is 1. The van der Waals surface area contributed by atoms with Gasteiger partial charge in [0.15, 0.2) is 5.69 Å². The highest BCUT2D eigenvalue weighted by atomic mass is 19.4. The van der Waals surface area contributed by atoms with Crippen LogP contribution in [-0.2, 0) is 6.18 Å². The number of anilines is 1. The molecule has 3 rings (SSSR count). The Morgan fingerprint density at radius 2 is 1.74 bits per heavy atom. The van der Waals surface area contributed by atoms with Crippen LogP contribution >= 0.6 is 0 Å². The molecule has 27 heavy (non-hydrogen) atoms. The number of hydrogen-bond donors (Lipinski definition) is 2. The maximum Gasteiger partial charge on any atom is 0.416 e. The van der Waals surface area contributed by atoms with Gasteiger partial charge in [0.2, 0.25) is 0 Å². The summed E-state index contributed by atoms with van der Waals surface area (Å²) in [6.07, 6.45) is -3.08. The number of halogens is 3. The highest BCUT2D eigenvalue weighted by molar-refractivity contribution is 6.04. The number of carbonyl (C=O) groups is 1. The number of benzene rings is 2. The standard InChI is InChI=1S/C19H13F3N2O3/c20-19(21,22)12-3-1-4-15(11-12)27-14-8-6-13(7-9-14)24-18(26)17-16(25)5-2-10-23-17/h1-11,25H,(H,24,26). The van der Waals surface area contributed by atoms with Crippen LogP contribution in [0.1, 0.15) is 16.1 Å². The number of pyridine rings is 1. The third-order valence-corrected chi connectivity index (χ3v) is 3.51.